The maximum atomic E-state index is 9.95. The van der Waals surface area contributed by atoms with E-state index in [-0.39, 0.29) is 0 Å². The molecule has 0 amide bonds. The summed E-state index contributed by atoms with van der Waals surface area (Å²) in [5.74, 6) is 0.294. The van der Waals surface area contributed by atoms with Gasteiger partial charge in [0.2, 0.25) is 0 Å². The van der Waals surface area contributed by atoms with Gasteiger partial charge < -0.3 is 14.7 Å². The van der Waals surface area contributed by atoms with Crippen molar-refractivity contribution in [3.8, 4) is 5.75 Å². The largest absolute Gasteiger partial charge is 0.507 e. The van der Waals surface area contributed by atoms with Crippen molar-refractivity contribution < 1.29 is 9.84 Å². The molecule has 0 saturated heterocycles. The lowest BCUT2D eigenvalue weighted by molar-refractivity contribution is 0.235. The predicted molar refractivity (Wildman–Crippen MR) is 77.9 cm³/mol. The first kappa shape index (κ1) is 14.8. The Labute approximate surface area is 114 Å². The van der Waals surface area contributed by atoms with Crippen LogP contribution in [0.3, 0.4) is 0 Å². The summed E-state index contributed by atoms with van der Waals surface area (Å²) < 4.78 is 5.56. The third kappa shape index (κ3) is 3.60. The van der Waals surface area contributed by atoms with E-state index in [0.717, 1.165) is 29.8 Å². The molecule has 0 aliphatic heterocycles. The lowest BCUT2D eigenvalue weighted by Crippen LogP contribution is -2.30. The summed E-state index contributed by atoms with van der Waals surface area (Å²) in [5, 5.41) is 10.4. The number of hydrogen-bond acceptors (Lipinski definition) is 3. The summed E-state index contributed by atoms with van der Waals surface area (Å²) in [4.78, 5) is 1.97. The Morgan fingerprint density at radius 1 is 1.28 bits per heavy atom. The number of rotatable bonds is 4. The lowest BCUT2D eigenvalue weighted by atomic mass is 10.1. The van der Waals surface area contributed by atoms with Crippen LogP contribution in [0.4, 0.5) is 0 Å². The van der Waals surface area contributed by atoms with Crippen molar-refractivity contribution >= 4 is 17.4 Å². The van der Waals surface area contributed by atoms with Crippen LogP contribution in [-0.4, -0.2) is 28.3 Å². The maximum Gasteiger partial charge on any atom is 0.259 e. The first-order chi connectivity index (χ1) is 8.49. The van der Waals surface area contributed by atoms with Gasteiger partial charge in [0.15, 0.2) is 0 Å². The molecular weight excluding hydrogens is 246 g/mol. The molecule has 100 valence electrons. The van der Waals surface area contributed by atoms with Crippen LogP contribution in [0.25, 0.3) is 0 Å². The number of ether oxygens (including phenoxy) is 1. The van der Waals surface area contributed by atoms with Crippen molar-refractivity contribution in [2.24, 2.45) is 0 Å². The molecule has 0 radical (unpaired) electrons. The smallest absolute Gasteiger partial charge is 0.259 e. The Balaban J connectivity index is 2.72. The third-order valence-corrected chi connectivity index (χ3v) is 3.27. The van der Waals surface area contributed by atoms with Crippen LogP contribution >= 0.6 is 12.2 Å². The summed E-state index contributed by atoms with van der Waals surface area (Å²) in [6, 6.07) is 3.87. The predicted octanol–water partition coefficient (Wildman–Crippen LogP) is 3.15. The molecule has 0 aliphatic carbocycles. The van der Waals surface area contributed by atoms with E-state index in [1.54, 1.807) is 0 Å². The Morgan fingerprint density at radius 2 is 1.89 bits per heavy atom. The molecule has 4 heteroatoms. The Morgan fingerprint density at radius 3 is 2.44 bits per heavy atom. The number of benzene rings is 1. The van der Waals surface area contributed by atoms with Crippen molar-refractivity contribution in [2.45, 2.75) is 34.3 Å². The molecule has 18 heavy (non-hydrogen) atoms. The molecule has 0 atom stereocenters. The van der Waals surface area contributed by atoms with E-state index in [9.17, 15) is 5.11 Å². The van der Waals surface area contributed by atoms with Gasteiger partial charge in [-0.15, -0.1) is 0 Å². The van der Waals surface area contributed by atoms with E-state index in [1.165, 1.54) is 0 Å². The first-order valence-electron chi connectivity index (χ1n) is 6.20. The molecule has 0 bridgehead atoms. The van der Waals surface area contributed by atoms with Gasteiger partial charge >= 0.3 is 0 Å². The Hall–Kier alpha value is -1.29. The second kappa shape index (κ2) is 6.59. The van der Waals surface area contributed by atoms with Gasteiger partial charge in [-0.05, 0) is 51.5 Å². The van der Waals surface area contributed by atoms with Crippen LogP contribution in [0.2, 0.25) is 0 Å². The van der Waals surface area contributed by atoms with Gasteiger partial charge in [-0.3, -0.25) is 0 Å². The van der Waals surface area contributed by atoms with Crippen LogP contribution < -0.4 is 0 Å². The number of phenols is 1. The van der Waals surface area contributed by atoms with Crippen molar-refractivity contribution in [1.29, 1.82) is 0 Å². The van der Waals surface area contributed by atoms with Gasteiger partial charge in [0.05, 0.1) is 0 Å². The van der Waals surface area contributed by atoms with Gasteiger partial charge in [-0.25, -0.2) is 0 Å². The lowest BCUT2D eigenvalue weighted by Gasteiger charge is -2.21. The highest BCUT2D eigenvalue weighted by Crippen LogP contribution is 2.24. The molecule has 1 aromatic rings. The summed E-state index contributed by atoms with van der Waals surface area (Å²) in [6.07, 6.45) is 0. The summed E-state index contributed by atoms with van der Waals surface area (Å²) in [7, 11) is 0. The van der Waals surface area contributed by atoms with Gasteiger partial charge in [-0.2, -0.15) is 0 Å². The summed E-state index contributed by atoms with van der Waals surface area (Å²) in [5.41, 5.74) is 2.75. The van der Waals surface area contributed by atoms with Crippen LogP contribution in [0.1, 0.15) is 30.5 Å². The maximum absolute atomic E-state index is 9.95. The average molecular weight is 267 g/mol. The SMILES string of the molecule is CCN(CC)C(=S)OCc1cc(C)cc(C)c1O. The minimum atomic E-state index is 0.294. The normalized spacial score (nSPS) is 10.2. The fraction of sp³-hybridized carbons (Fsp3) is 0.500. The van der Waals surface area contributed by atoms with Crippen LogP contribution in [0, 0.1) is 13.8 Å². The van der Waals surface area contributed by atoms with Crippen LogP contribution in [0.15, 0.2) is 12.1 Å². The second-order valence-electron chi connectivity index (χ2n) is 4.32. The summed E-state index contributed by atoms with van der Waals surface area (Å²) in [6.45, 7) is 9.92. The van der Waals surface area contributed by atoms with Crippen molar-refractivity contribution in [1.82, 2.24) is 4.90 Å². The molecule has 0 heterocycles. The molecule has 1 N–H and O–H groups in total. The van der Waals surface area contributed by atoms with Crippen LogP contribution in [0.5, 0.6) is 5.75 Å². The number of aromatic hydroxyl groups is 1. The molecule has 0 aliphatic rings. The molecule has 0 fully saturated rings. The molecule has 1 aromatic carbocycles. The van der Waals surface area contributed by atoms with Gasteiger partial charge in [0.25, 0.3) is 5.17 Å². The fourth-order valence-corrected chi connectivity index (χ4v) is 2.19. The monoisotopic (exact) mass is 267 g/mol. The molecule has 1 rings (SSSR count). The van der Waals surface area contributed by atoms with E-state index < -0.39 is 0 Å². The first-order valence-corrected chi connectivity index (χ1v) is 6.61. The van der Waals surface area contributed by atoms with Gasteiger partial charge in [-0.1, -0.05) is 11.6 Å². The minimum Gasteiger partial charge on any atom is -0.507 e. The number of hydrogen-bond donors (Lipinski definition) is 1. The van der Waals surface area contributed by atoms with Gasteiger partial charge in [0, 0.05) is 18.7 Å². The zero-order valence-electron chi connectivity index (χ0n) is 11.5. The second-order valence-corrected chi connectivity index (χ2v) is 4.67. The minimum absolute atomic E-state index is 0.294. The molecular formula is C14H21NO2S. The summed E-state index contributed by atoms with van der Waals surface area (Å²) >= 11 is 5.20. The van der Waals surface area contributed by atoms with E-state index in [2.05, 4.69) is 0 Å². The standard InChI is InChI=1S/C14H21NO2S/c1-5-15(6-2)14(18)17-9-12-8-10(3)7-11(4)13(12)16/h7-8,16H,5-6,9H2,1-4H3. The van der Waals surface area contributed by atoms with E-state index in [4.69, 9.17) is 17.0 Å². The zero-order chi connectivity index (χ0) is 13.7. The Kier molecular flexibility index (Phi) is 5.41. The quantitative estimate of drug-likeness (QED) is 0.850. The zero-order valence-corrected chi connectivity index (χ0v) is 12.3. The number of nitrogens with zero attached hydrogens (tertiary/aromatic N) is 1. The average Bonchev–Trinajstić information content (AvgIpc) is 2.33. The molecule has 0 spiro atoms. The van der Waals surface area contributed by atoms with E-state index in [0.29, 0.717) is 17.5 Å². The van der Waals surface area contributed by atoms with Crippen molar-refractivity contribution in [3.63, 3.8) is 0 Å². The molecule has 3 nitrogen and oxygen atoms in total. The third-order valence-electron chi connectivity index (χ3n) is 2.90. The fourth-order valence-electron chi connectivity index (χ4n) is 1.87. The number of phenolic OH excluding ortho intramolecular Hbond substituents is 1. The highest BCUT2D eigenvalue weighted by Gasteiger charge is 2.10. The number of thiocarbonyl (C=S) groups is 1. The van der Waals surface area contributed by atoms with Crippen molar-refractivity contribution in [2.75, 3.05) is 13.1 Å². The molecule has 0 unspecified atom stereocenters. The Bertz CT molecular complexity index is 428. The topological polar surface area (TPSA) is 32.7 Å². The highest BCUT2D eigenvalue weighted by atomic mass is 32.1. The van der Waals surface area contributed by atoms with Gasteiger partial charge in [0.1, 0.15) is 12.4 Å². The van der Waals surface area contributed by atoms with Crippen molar-refractivity contribution in [3.05, 3.63) is 28.8 Å². The van der Waals surface area contributed by atoms with E-state index in [1.807, 2.05) is 44.7 Å². The highest BCUT2D eigenvalue weighted by molar-refractivity contribution is 7.80. The molecule has 0 aromatic heterocycles. The van der Waals surface area contributed by atoms with E-state index >= 15 is 0 Å². The molecule has 0 saturated carbocycles. The van der Waals surface area contributed by atoms with Crippen LogP contribution in [-0.2, 0) is 11.3 Å². The number of aryl methyl sites for hydroxylation is 2.